The van der Waals surface area contributed by atoms with Crippen LogP contribution in [0.2, 0.25) is 0 Å². The van der Waals surface area contributed by atoms with Crippen LogP contribution in [-0.4, -0.2) is 58.6 Å². The Morgan fingerprint density at radius 2 is 1.76 bits per heavy atom. The van der Waals surface area contributed by atoms with E-state index in [2.05, 4.69) is 0 Å². The molecule has 1 atom stereocenters. The van der Waals surface area contributed by atoms with E-state index in [0.29, 0.717) is 24.0 Å². The fourth-order valence-electron chi connectivity index (χ4n) is 5.80. The number of piperazine rings is 1. The standard InChI is InChI=1S/C25H32F2N2O5/c1-5-33-20(30)14-28-21(31)24(9-6-7-10-24)29(22(32)34-23(2,3)4)15-25(28)11-8-17-18(25)12-16(26)13-19(17)27/h12-13H,5-11,14-15H2,1-4H3. The molecule has 0 N–H and O–H groups in total. The molecule has 1 aromatic carbocycles. The van der Waals surface area contributed by atoms with Crippen LogP contribution in [-0.2, 0) is 31.0 Å². The summed E-state index contributed by atoms with van der Waals surface area (Å²) in [6.45, 7) is 6.69. The van der Waals surface area contributed by atoms with Gasteiger partial charge in [-0.2, -0.15) is 0 Å². The Hall–Kier alpha value is -2.71. The third-order valence-corrected chi connectivity index (χ3v) is 7.18. The Balaban J connectivity index is 1.86. The second-order valence-electron chi connectivity index (χ2n) is 10.4. The maximum Gasteiger partial charge on any atom is 0.411 e. The van der Waals surface area contributed by atoms with Crippen LogP contribution >= 0.6 is 0 Å². The summed E-state index contributed by atoms with van der Waals surface area (Å²) in [4.78, 5) is 43.1. The molecule has 1 saturated carbocycles. The summed E-state index contributed by atoms with van der Waals surface area (Å²) in [7, 11) is 0. The Kier molecular flexibility index (Phi) is 6.10. The summed E-state index contributed by atoms with van der Waals surface area (Å²) in [5.41, 5.74) is -2.61. The number of carbonyl (C=O) groups is 3. The van der Waals surface area contributed by atoms with Crippen LogP contribution in [0.5, 0.6) is 0 Å². The molecule has 34 heavy (non-hydrogen) atoms. The number of ether oxygens (including phenoxy) is 2. The van der Waals surface area contributed by atoms with Crippen molar-refractivity contribution in [2.75, 3.05) is 19.7 Å². The van der Waals surface area contributed by atoms with Gasteiger partial charge < -0.3 is 14.4 Å². The highest BCUT2D eigenvalue weighted by molar-refractivity contribution is 5.94. The SMILES string of the molecule is CCOC(=O)CN1C(=O)C2(CCCC2)N(C(=O)OC(C)(C)C)CC12CCc1c(F)cc(F)cc12. The van der Waals surface area contributed by atoms with Crippen LogP contribution in [0, 0.1) is 11.6 Å². The Morgan fingerprint density at radius 3 is 2.38 bits per heavy atom. The Labute approximate surface area is 198 Å². The molecular formula is C25H32F2N2O5. The van der Waals surface area contributed by atoms with Gasteiger partial charge in [0, 0.05) is 6.07 Å². The molecule has 1 aliphatic heterocycles. The highest BCUT2D eigenvalue weighted by Crippen LogP contribution is 2.51. The topological polar surface area (TPSA) is 76.2 Å². The molecule has 1 heterocycles. The largest absolute Gasteiger partial charge is 0.465 e. The van der Waals surface area contributed by atoms with E-state index in [-0.39, 0.29) is 32.5 Å². The lowest BCUT2D eigenvalue weighted by molar-refractivity contribution is -0.171. The first-order valence-corrected chi connectivity index (χ1v) is 11.9. The number of nitrogens with zero attached hydrogens (tertiary/aromatic N) is 2. The molecule has 0 radical (unpaired) electrons. The van der Waals surface area contributed by atoms with Gasteiger partial charge in [-0.15, -0.1) is 0 Å². The third kappa shape index (κ3) is 3.92. The van der Waals surface area contributed by atoms with Crippen LogP contribution in [0.1, 0.15) is 70.9 Å². The van der Waals surface area contributed by atoms with Gasteiger partial charge in [-0.25, -0.2) is 13.6 Å². The molecule has 2 amide bonds. The summed E-state index contributed by atoms with van der Waals surface area (Å²) in [5, 5.41) is 0. The zero-order chi connectivity index (χ0) is 24.9. The maximum absolute atomic E-state index is 14.7. The van der Waals surface area contributed by atoms with Crippen molar-refractivity contribution in [1.29, 1.82) is 0 Å². The first-order chi connectivity index (χ1) is 15.9. The van der Waals surface area contributed by atoms with Gasteiger partial charge in [-0.3, -0.25) is 14.5 Å². The van der Waals surface area contributed by atoms with Gasteiger partial charge in [-0.1, -0.05) is 12.8 Å². The minimum atomic E-state index is -1.26. The molecule has 1 unspecified atom stereocenters. The fourth-order valence-corrected chi connectivity index (χ4v) is 5.80. The molecule has 9 heteroatoms. The van der Waals surface area contributed by atoms with Crippen molar-refractivity contribution in [2.24, 2.45) is 0 Å². The van der Waals surface area contributed by atoms with Crippen molar-refractivity contribution in [2.45, 2.75) is 82.9 Å². The maximum atomic E-state index is 14.7. The van der Waals surface area contributed by atoms with Crippen LogP contribution in [0.25, 0.3) is 0 Å². The quantitative estimate of drug-likeness (QED) is 0.613. The average Bonchev–Trinajstić information content (AvgIpc) is 3.34. The van der Waals surface area contributed by atoms with E-state index >= 15 is 0 Å². The van der Waals surface area contributed by atoms with Crippen LogP contribution < -0.4 is 0 Å². The Bertz CT molecular complexity index is 1020. The molecule has 1 aromatic rings. The first-order valence-electron chi connectivity index (χ1n) is 11.9. The normalized spacial score (nSPS) is 23.5. The summed E-state index contributed by atoms with van der Waals surface area (Å²) < 4.78 is 39.9. The smallest absolute Gasteiger partial charge is 0.411 e. The first kappa shape index (κ1) is 24.4. The molecule has 0 bridgehead atoms. The number of benzene rings is 1. The average molecular weight is 479 g/mol. The highest BCUT2D eigenvalue weighted by atomic mass is 19.1. The predicted molar refractivity (Wildman–Crippen MR) is 119 cm³/mol. The zero-order valence-corrected chi connectivity index (χ0v) is 20.2. The molecule has 1 saturated heterocycles. The zero-order valence-electron chi connectivity index (χ0n) is 20.2. The molecule has 0 aromatic heterocycles. The van der Waals surface area contributed by atoms with Crippen LogP contribution in [0.4, 0.5) is 13.6 Å². The molecule has 3 aliphatic rings. The monoisotopic (exact) mass is 478 g/mol. The number of rotatable bonds is 3. The number of amides is 2. The van der Waals surface area contributed by atoms with E-state index in [4.69, 9.17) is 9.47 Å². The second-order valence-corrected chi connectivity index (χ2v) is 10.4. The molecular weight excluding hydrogens is 446 g/mol. The molecule has 4 rings (SSSR count). The molecule has 186 valence electrons. The number of hydrogen-bond acceptors (Lipinski definition) is 5. The summed E-state index contributed by atoms with van der Waals surface area (Å²) in [6, 6.07) is 2.04. The number of carbonyl (C=O) groups excluding carboxylic acids is 3. The lowest BCUT2D eigenvalue weighted by atomic mass is 9.79. The van der Waals surface area contributed by atoms with Crippen molar-refractivity contribution in [1.82, 2.24) is 9.80 Å². The number of hydrogen-bond donors (Lipinski definition) is 0. The van der Waals surface area contributed by atoms with Crippen molar-refractivity contribution in [3.63, 3.8) is 0 Å². The summed E-state index contributed by atoms with van der Waals surface area (Å²) >= 11 is 0. The number of halogens is 2. The van der Waals surface area contributed by atoms with Crippen molar-refractivity contribution >= 4 is 18.0 Å². The fraction of sp³-hybridized carbons (Fsp3) is 0.640. The molecule has 2 fully saturated rings. The minimum Gasteiger partial charge on any atom is -0.465 e. The molecule has 2 spiro atoms. The van der Waals surface area contributed by atoms with E-state index in [1.165, 1.54) is 15.9 Å². The Morgan fingerprint density at radius 1 is 1.09 bits per heavy atom. The van der Waals surface area contributed by atoms with E-state index in [9.17, 15) is 23.2 Å². The third-order valence-electron chi connectivity index (χ3n) is 7.18. The van der Waals surface area contributed by atoms with Gasteiger partial charge in [0.1, 0.15) is 29.3 Å². The van der Waals surface area contributed by atoms with Gasteiger partial charge >= 0.3 is 12.1 Å². The van der Waals surface area contributed by atoms with E-state index in [1.54, 1.807) is 27.7 Å². The lowest BCUT2D eigenvalue weighted by Gasteiger charge is -2.56. The van der Waals surface area contributed by atoms with Crippen LogP contribution in [0.15, 0.2) is 12.1 Å². The van der Waals surface area contributed by atoms with E-state index in [1.807, 2.05) is 0 Å². The number of fused-ring (bicyclic) bond motifs is 2. The van der Waals surface area contributed by atoms with Crippen molar-refractivity contribution in [3.05, 3.63) is 34.9 Å². The summed E-state index contributed by atoms with van der Waals surface area (Å²) in [5.74, 6) is -2.46. The van der Waals surface area contributed by atoms with Gasteiger partial charge in [0.2, 0.25) is 5.91 Å². The van der Waals surface area contributed by atoms with E-state index in [0.717, 1.165) is 18.9 Å². The van der Waals surface area contributed by atoms with Gasteiger partial charge in [0.05, 0.1) is 18.7 Å². The predicted octanol–water partition coefficient (Wildman–Crippen LogP) is 4.06. The second kappa shape index (κ2) is 8.50. The number of esters is 1. The van der Waals surface area contributed by atoms with Crippen LogP contribution in [0.3, 0.4) is 0 Å². The highest BCUT2D eigenvalue weighted by Gasteiger charge is 2.63. The summed E-state index contributed by atoms with van der Waals surface area (Å²) in [6.07, 6.45) is 2.22. The lowest BCUT2D eigenvalue weighted by Crippen LogP contribution is -2.73. The van der Waals surface area contributed by atoms with Crippen molar-refractivity contribution < 1.29 is 32.6 Å². The minimum absolute atomic E-state index is 0.0110. The van der Waals surface area contributed by atoms with E-state index < -0.39 is 46.3 Å². The molecule has 7 nitrogen and oxygen atoms in total. The van der Waals surface area contributed by atoms with Gasteiger partial charge in [-0.05, 0) is 70.6 Å². The van der Waals surface area contributed by atoms with Gasteiger partial charge in [0.25, 0.3) is 0 Å². The van der Waals surface area contributed by atoms with Gasteiger partial charge in [0.15, 0.2) is 0 Å². The van der Waals surface area contributed by atoms with Crippen molar-refractivity contribution in [3.8, 4) is 0 Å². The molecule has 2 aliphatic carbocycles.